The van der Waals surface area contributed by atoms with E-state index in [1.54, 1.807) is 25.3 Å². The second-order valence-corrected chi connectivity index (χ2v) is 6.05. The molecule has 0 spiro atoms. The Kier molecular flexibility index (Phi) is 5.54. The normalized spacial score (nSPS) is 10.3. The van der Waals surface area contributed by atoms with Gasteiger partial charge in [-0.15, -0.1) is 0 Å². The first kappa shape index (κ1) is 17.5. The number of ether oxygens (including phenoxy) is 1. The molecule has 0 atom stereocenters. The van der Waals surface area contributed by atoms with E-state index in [0.717, 1.165) is 17.0 Å². The lowest BCUT2D eigenvalue weighted by atomic mass is 10.1. The molecule has 1 N–H and O–H groups in total. The second kappa shape index (κ2) is 8.21. The van der Waals surface area contributed by atoms with Crippen LogP contribution in [0.15, 0.2) is 78.9 Å². The van der Waals surface area contributed by atoms with Crippen molar-refractivity contribution in [2.24, 2.45) is 0 Å². The standard InChI is InChI=1S/C22H21NO3/c1-26-21-12-10-18(11-13-21)16-23(15-17-6-3-2-4-7-17)20-9-5-8-19(14-20)22(24)25/h2-14H,15-16H2,1H3,(H,24,25). The predicted molar refractivity (Wildman–Crippen MR) is 103 cm³/mol. The second-order valence-electron chi connectivity index (χ2n) is 6.05. The van der Waals surface area contributed by atoms with Gasteiger partial charge in [-0.05, 0) is 41.5 Å². The van der Waals surface area contributed by atoms with E-state index in [4.69, 9.17) is 4.74 Å². The average Bonchev–Trinajstić information content (AvgIpc) is 2.69. The van der Waals surface area contributed by atoms with E-state index in [0.29, 0.717) is 13.1 Å². The maximum absolute atomic E-state index is 11.3. The van der Waals surface area contributed by atoms with Gasteiger partial charge in [-0.2, -0.15) is 0 Å². The van der Waals surface area contributed by atoms with Crippen molar-refractivity contribution >= 4 is 11.7 Å². The van der Waals surface area contributed by atoms with Crippen LogP contribution in [0.5, 0.6) is 5.75 Å². The molecular formula is C22H21NO3. The molecule has 4 nitrogen and oxygen atoms in total. The van der Waals surface area contributed by atoms with Gasteiger partial charge < -0.3 is 14.7 Å². The Balaban J connectivity index is 1.90. The summed E-state index contributed by atoms with van der Waals surface area (Å²) in [6.45, 7) is 1.36. The number of rotatable bonds is 7. The number of carbonyl (C=O) groups is 1. The summed E-state index contributed by atoms with van der Waals surface area (Å²) in [7, 11) is 1.65. The molecule has 0 aliphatic carbocycles. The summed E-state index contributed by atoms with van der Waals surface area (Å²) < 4.78 is 5.22. The topological polar surface area (TPSA) is 49.8 Å². The highest BCUT2D eigenvalue weighted by atomic mass is 16.5. The van der Waals surface area contributed by atoms with E-state index < -0.39 is 5.97 Å². The van der Waals surface area contributed by atoms with Crippen molar-refractivity contribution < 1.29 is 14.6 Å². The summed E-state index contributed by atoms with van der Waals surface area (Å²) in [5.74, 6) is -0.104. The van der Waals surface area contributed by atoms with Gasteiger partial charge in [0, 0.05) is 18.8 Å². The van der Waals surface area contributed by atoms with E-state index in [9.17, 15) is 9.90 Å². The number of anilines is 1. The summed E-state index contributed by atoms with van der Waals surface area (Å²) in [5, 5.41) is 9.30. The molecule has 0 bridgehead atoms. The van der Waals surface area contributed by atoms with Crippen LogP contribution in [0, 0.1) is 0 Å². The van der Waals surface area contributed by atoms with E-state index in [-0.39, 0.29) is 5.56 Å². The number of nitrogens with zero attached hydrogens (tertiary/aromatic N) is 1. The van der Waals surface area contributed by atoms with Crippen LogP contribution in [0.2, 0.25) is 0 Å². The lowest BCUT2D eigenvalue weighted by Crippen LogP contribution is -2.22. The molecule has 0 fully saturated rings. The Labute approximate surface area is 153 Å². The lowest BCUT2D eigenvalue weighted by molar-refractivity contribution is 0.0697. The van der Waals surface area contributed by atoms with Crippen molar-refractivity contribution in [1.82, 2.24) is 0 Å². The van der Waals surface area contributed by atoms with Crippen molar-refractivity contribution in [3.05, 3.63) is 95.6 Å². The fraction of sp³-hybridized carbons (Fsp3) is 0.136. The zero-order valence-electron chi connectivity index (χ0n) is 14.6. The van der Waals surface area contributed by atoms with Crippen LogP contribution >= 0.6 is 0 Å². The Morgan fingerprint density at radius 2 is 1.54 bits per heavy atom. The molecule has 4 heteroatoms. The van der Waals surface area contributed by atoms with E-state index in [2.05, 4.69) is 17.0 Å². The zero-order valence-corrected chi connectivity index (χ0v) is 14.6. The third kappa shape index (κ3) is 4.42. The highest BCUT2D eigenvalue weighted by Gasteiger charge is 2.11. The van der Waals surface area contributed by atoms with Gasteiger partial charge in [0.15, 0.2) is 0 Å². The number of benzene rings is 3. The fourth-order valence-corrected chi connectivity index (χ4v) is 2.83. The molecular weight excluding hydrogens is 326 g/mol. The molecule has 0 amide bonds. The molecule has 3 aromatic rings. The number of carboxylic acids is 1. The van der Waals surface area contributed by atoms with Gasteiger partial charge in [0.25, 0.3) is 0 Å². The fourth-order valence-electron chi connectivity index (χ4n) is 2.83. The van der Waals surface area contributed by atoms with Crippen molar-refractivity contribution in [1.29, 1.82) is 0 Å². The number of carboxylic acid groups (broad SMARTS) is 1. The number of hydrogen-bond acceptors (Lipinski definition) is 3. The van der Waals surface area contributed by atoms with Crippen LogP contribution in [0.1, 0.15) is 21.5 Å². The third-order valence-corrected chi connectivity index (χ3v) is 4.21. The molecule has 0 heterocycles. The van der Waals surface area contributed by atoms with E-state index >= 15 is 0 Å². The maximum Gasteiger partial charge on any atom is 0.335 e. The minimum atomic E-state index is -0.920. The van der Waals surface area contributed by atoms with Crippen molar-refractivity contribution in [3.8, 4) is 5.75 Å². The van der Waals surface area contributed by atoms with E-state index in [1.165, 1.54) is 5.56 Å². The van der Waals surface area contributed by atoms with Crippen LogP contribution in [0.3, 0.4) is 0 Å². The molecule has 132 valence electrons. The molecule has 0 radical (unpaired) electrons. The number of hydrogen-bond donors (Lipinski definition) is 1. The maximum atomic E-state index is 11.3. The predicted octanol–water partition coefficient (Wildman–Crippen LogP) is 4.60. The molecule has 26 heavy (non-hydrogen) atoms. The summed E-state index contributed by atoms with van der Waals surface area (Å²) >= 11 is 0. The van der Waals surface area contributed by atoms with Crippen LogP contribution in [0.4, 0.5) is 5.69 Å². The molecule has 3 aromatic carbocycles. The van der Waals surface area contributed by atoms with Gasteiger partial charge in [-0.25, -0.2) is 4.79 Å². The van der Waals surface area contributed by atoms with Crippen LogP contribution in [-0.2, 0) is 13.1 Å². The minimum absolute atomic E-state index is 0.287. The van der Waals surface area contributed by atoms with Crippen molar-refractivity contribution in [3.63, 3.8) is 0 Å². The van der Waals surface area contributed by atoms with Crippen LogP contribution in [0.25, 0.3) is 0 Å². The van der Waals surface area contributed by atoms with Gasteiger partial charge in [-0.3, -0.25) is 0 Å². The summed E-state index contributed by atoms with van der Waals surface area (Å²) in [6.07, 6.45) is 0. The highest BCUT2D eigenvalue weighted by molar-refractivity contribution is 5.88. The van der Waals surface area contributed by atoms with Gasteiger partial charge in [0.2, 0.25) is 0 Å². The summed E-state index contributed by atoms with van der Waals surface area (Å²) in [5.41, 5.74) is 3.46. The van der Waals surface area contributed by atoms with Gasteiger partial charge in [-0.1, -0.05) is 48.5 Å². The Bertz CT molecular complexity index is 860. The smallest absolute Gasteiger partial charge is 0.335 e. The summed E-state index contributed by atoms with van der Waals surface area (Å²) in [4.78, 5) is 13.5. The van der Waals surface area contributed by atoms with Gasteiger partial charge in [0.05, 0.1) is 12.7 Å². The van der Waals surface area contributed by atoms with Gasteiger partial charge in [0.1, 0.15) is 5.75 Å². The first-order valence-corrected chi connectivity index (χ1v) is 8.41. The molecule has 3 rings (SSSR count). The third-order valence-electron chi connectivity index (χ3n) is 4.21. The SMILES string of the molecule is COc1ccc(CN(Cc2ccccc2)c2cccc(C(=O)O)c2)cc1. The number of aromatic carboxylic acids is 1. The van der Waals surface area contributed by atoms with E-state index in [1.807, 2.05) is 48.5 Å². The number of methoxy groups -OCH3 is 1. The molecule has 0 saturated heterocycles. The average molecular weight is 347 g/mol. The highest BCUT2D eigenvalue weighted by Crippen LogP contribution is 2.22. The van der Waals surface area contributed by atoms with Crippen LogP contribution in [-0.4, -0.2) is 18.2 Å². The minimum Gasteiger partial charge on any atom is -0.497 e. The molecule has 0 aromatic heterocycles. The molecule has 0 saturated carbocycles. The first-order chi connectivity index (χ1) is 12.7. The molecule has 0 aliphatic rings. The monoisotopic (exact) mass is 347 g/mol. The first-order valence-electron chi connectivity index (χ1n) is 8.41. The zero-order chi connectivity index (χ0) is 18.4. The Morgan fingerprint density at radius 1 is 0.885 bits per heavy atom. The lowest BCUT2D eigenvalue weighted by Gasteiger charge is -2.25. The van der Waals surface area contributed by atoms with Gasteiger partial charge >= 0.3 is 5.97 Å². The molecule has 0 unspecified atom stereocenters. The summed E-state index contributed by atoms with van der Waals surface area (Å²) in [6, 6.07) is 25.1. The van der Waals surface area contributed by atoms with Crippen LogP contribution < -0.4 is 9.64 Å². The largest absolute Gasteiger partial charge is 0.497 e. The Hall–Kier alpha value is -3.27. The van der Waals surface area contributed by atoms with Crippen molar-refractivity contribution in [2.45, 2.75) is 13.1 Å². The Morgan fingerprint density at radius 3 is 2.15 bits per heavy atom. The molecule has 0 aliphatic heterocycles. The quantitative estimate of drug-likeness (QED) is 0.678. The van der Waals surface area contributed by atoms with Crippen molar-refractivity contribution in [2.75, 3.05) is 12.0 Å².